The number of rotatable bonds is 6. The van der Waals surface area contributed by atoms with Crippen molar-refractivity contribution in [2.75, 3.05) is 16.4 Å². The molecule has 3 rings (SSSR count). The van der Waals surface area contributed by atoms with Crippen LogP contribution in [0.25, 0.3) is 0 Å². The fourth-order valence-corrected chi connectivity index (χ4v) is 3.11. The van der Waals surface area contributed by atoms with Crippen LogP contribution in [-0.2, 0) is 9.59 Å². The summed E-state index contributed by atoms with van der Waals surface area (Å²) in [5.74, 6) is 0.433. The number of benzene rings is 2. The summed E-state index contributed by atoms with van der Waals surface area (Å²) in [5.41, 5.74) is 1.45. The first kappa shape index (κ1) is 16.9. The molecule has 24 heavy (non-hydrogen) atoms. The summed E-state index contributed by atoms with van der Waals surface area (Å²) >= 11 is 7.32. The zero-order valence-electron chi connectivity index (χ0n) is 12.9. The molecule has 0 saturated heterocycles. The highest BCUT2D eigenvalue weighted by atomic mass is 35.5. The summed E-state index contributed by atoms with van der Waals surface area (Å²) < 4.78 is 0. The molecule has 0 unspecified atom stereocenters. The van der Waals surface area contributed by atoms with Crippen molar-refractivity contribution in [2.45, 2.75) is 17.7 Å². The summed E-state index contributed by atoms with van der Waals surface area (Å²) in [6.07, 6.45) is 1.95. The highest BCUT2D eigenvalue weighted by molar-refractivity contribution is 8.00. The number of hydrogen-bond acceptors (Lipinski definition) is 3. The largest absolute Gasteiger partial charge is 0.326 e. The fraction of sp³-hybridized carbons (Fsp3) is 0.222. The molecule has 124 valence electrons. The lowest BCUT2D eigenvalue weighted by molar-refractivity contribution is -0.117. The second-order valence-corrected chi connectivity index (χ2v) is 7.12. The number of nitrogens with one attached hydrogen (secondary N) is 2. The minimum atomic E-state index is -0.102. The normalized spacial score (nSPS) is 13.4. The van der Waals surface area contributed by atoms with Gasteiger partial charge in [0.2, 0.25) is 11.8 Å². The molecule has 2 aromatic rings. The second kappa shape index (κ2) is 7.73. The Morgan fingerprint density at radius 3 is 2.46 bits per heavy atom. The van der Waals surface area contributed by atoms with E-state index in [1.807, 2.05) is 24.3 Å². The van der Waals surface area contributed by atoms with Crippen LogP contribution in [0, 0.1) is 5.92 Å². The number of anilines is 2. The number of hydrogen-bond donors (Lipinski definition) is 2. The van der Waals surface area contributed by atoms with Crippen molar-refractivity contribution < 1.29 is 9.59 Å². The summed E-state index contributed by atoms with van der Waals surface area (Å²) in [6.45, 7) is 0. The average molecular weight is 361 g/mol. The molecule has 0 atom stereocenters. The minimum Gasteiger partial charge on any atom is -0.326 e. The minimum absolute atomic E-state index is 0.0795. The van der Waals surface area contributed by atoms with Gasteiger partial charge in [0, 0.05) is 27.2 Å². The third-order valence-corrected chi connectivity index (χ3v) is 4.76. The van der Waals surface area contributed by atoms with Gasteiger partial charge in [-0.3, -0.25) is 9.59 Å². The molecule has 0 bridgehead atoms. The molecule has 2 N–H and O–H groups in total. The fourth-order valence-electron chi connectivity index (χ4n) is 2.17. The highest BCUT2D eigenvalue weighted by Gasteiger charge is 2.29. The van der Waals surface area contributed by atoms with Crippen LogP contribution in [0.4, 0.5) is 11.4 Å². The van der Waals surface area contributed by atoms with E-state index in [0.717, 1.165) is 23.4 Å². The molecule has 1 aliphatic rings. The molecular weight excluding hydrogens is 344 g/mol. The molecule has 1 saturated carbocycles. The number of halogens is 1. The molecule has 1 aliphatic carbocycles. The van der Waals surface area contributed by atoms with E-state index in [-0.39, 0.29) is 23.5 Å². The predicted molar refractivity (Wildman–Crippen MR) is 98.6 cm³/mol. The average Bonchev–Trinajstić information content (AvgIpc) is 3.38. The Labute approximate surface area is 150 Å². The summed E-state index contributed by atoms with van der Waals surface area (Å²) in [5, 5.41) is 6.30. The molecule has 0 spiro atoms. The Bertz CT molecular complexity index is 762. The van der Waals surface area contributed by atoms with Crippen LogP contribution in [0.3, 0.4) is 0 Å². The number of carbonyl (C=O) groups is 2. The van der Waals surface area contributed by atoms with Gasteiger partial charge in [0.05, 0.1) is 5.75 Å². The van der Waals surface area contributed by atoms with Gasteiger partial charge in [-0.25, -0.2) is 0 Å². The second-order valence-electron chi connectivity index (χ2n) is 5.64. The Hall–Kier alpha value is -1.98. The Kier molecular flexibility index (Phi) is 5.43. The van der Waals surface area contributed by atoms with Gasteiger partial charge < -0.3 is 10.6 Å². The van der Waals surface area contributed by atoms with Crippen molar-refractivity contribution in [3.63, 3.8) is 0 Å². The zero-order chi connectivity index (χ0) is 16.9. The van der Waals surface area contributed by atoms with Gasteiger partial charge in [-0.2, -0.15) is 0 Å². The quantitative estimate of drug-likeness (QED) is 0.750. The van der Waals surface area contributed by atoms with Gasteiger partial charge in [0.25, 0.3) is 0 Å². The van der Waals surface area contributed by atoms with Crippen molar-refractivity contribution in [3.8, 4) is 0 Å². The molecule has 0 heterocycles. The molecule has 6 heteroatoms. The molecule has 2 amide bonds. The highest BCUT2D eigenvalue weighted by Crippen LogP contribution is 2.30. The maximum Gasteiger partial charge on any atom is 0.234 e. The first-order valence-electron chi connectivity index (χ1n) is 7.69. The molecule has 0 aliphatic heterocycles. The molecule has 0 aromatic heterocycles. The summed E-state index contributed by atoms with van der Waals surface area (Å²) in [4.78, 5) is 24.7. The van der Waals surface area contributed by atoms with Gasteiger partial charge in [-0.1, -0.05) is 23.7 Å². The monoisotopic (exact) mass is 360 g/mol. The maximum atomic E-state index is 12.0. The van der Waals surface area contributed by atoms with Gasteiger partial charge in [-0.15, -0.1) is 11.8 Å². The van der Waals surface area contributed by atoms with E-state index in [1.54, 1.807) is 24.3 Å². The zero-order valence-corrected chi connectivity index (χ0v) is 14.5. The lowest BCUT2D eigenvalue weighted by atomic mass is 10.3. The first-order valence-corrected chi connectivity index (χ1v) is 9.06. The first-order chi connectivity index (χ1) is 11.6. The Morgan fingerprint density at radius 1 is 1.04 bits per heavy atom. The van der Waals surface area contributed by atoms with Crippen LogP contribution in [0.1, 0.15) is 12.8 Å². The number of amides is 2. The van der Waals surface area contributed by atoms with E-state index in [9.17, 15) is 9.59 Å². The van der Waals surface area contributed by atoms with E-state index >= 15 is 0 Å². The molecule has 0 radical (unpaired) electrons. The van der Waals surface area contributed by atoms with Crippen molar-refractivity contribution in [2.24, 2.45) is 5.92 Å². The smallest absolute Gasteiger partial charge is 0.234 e. The number of carbonyl (C=O) groups excluding carboxylic acids is 2. The van der Waals surface area contributed by atoms with Crippen molar-refractivity contribution in [1.29, 1.82) is 0 Å². The van der Waals surface area contributed by atoms with Gasteiger partial charge in [0.1, 0.15) is 0 Å². The molecule has 4 nitrogen and oxygen atoms in total. The van der Waals surface area contributed by atoms with Crippen molar-refractivity contribution in [1.82, 2.24) is 0 Å². The van der Waals surface area contributed by atoms with E-state index < -0.39 is 0 Å². The molecular formula is C18H17ClN2O2S. The topological polar surface area (TPSA) is 58.2 Å². The van der Waals surface area contributed by atoms with Gasteiger partial charge in [-0.05, 0) is 49.2 Å². The summed E-state index contributed by atoms with van der Waals surface area (Å²) in [6, 6.07) is 14.6. The van der Waals surface area contributed by atoms with Gasteiger partial charge in [0.15, 0.2) is 0 Å². The predicted octanol–water partition coefficient (Wildman–Crippen LogP) is 4.42. The van der Waals surface area contributed by atoms with E-state index in [0.29, 0.717) is 10.7 Å². The molecule has 1 fully saturated rings. The Morgan fingerprint density at radius 2 is 1.75 bits per heavy atom. The third-order valence-electron chi connectivity index (χ3n) is 3.53. The van der Waals surface area contributed by atoms with E-state index in [2.05, 4.69) is 10.6 Å². The van der Waals surface area contributed by atoms with Crippen LogP contribution >= 0.6 is 23.4 Å². The molecule has 2 aromatic carbocycles. The number of thioether (sulfide) groups is 1. The van der Waals surface area contributed by atoms with E-state index in [4.69, 9.17) is 11.6 Å². The van der Waals surface area contributed by atoms with Crippen LogP contribution in [0.2, 0.25) is 5.02 Å². The van der Waals surface area contributed by atoms with E-state index in [1.165, 1.54) is 11.8 Å². The van der Waals surface area contributed by atoms with Gasteiger partial charge >= 0.3 is 0 Å². The van der Waals surface area contributed by atoms with Crippen molar-refractivity contribution in [3.05, 3.63) is 53.6 Å². The lowest BCUT2D eigenvalue weighted by Crippen LogP contribution is -2.14. The van der Waals surface area contributed by atoms with Crippen LogP contribution in [0.5, 0.6) is 0 Å². The third kappa shape index (κ3) is 5.01. The summed E-state index contributed by atoms with van der Waals surface area (Å²) in [7, 11) is 0. The maximum absolute atomic E-state index is 12.0. The SMILES string of the molecule is O=C(CSc1cccc(NC(=O)C2CC2)c1)Nc1cccc(Cl)c1. The Balaban J connectivity index is 1.52. The van der Waals surface area contributed by atoms with Crippen LogP contribution in [-0.4, -0.2) is 17.6 Å². The van der Waals surface area contributed by atoms with Crippen molar-refractivity contribution >= 4 is 46.6 Å². The lowest BCUT2D eigenvalue weighted by Gasteiger charge is -2.08. The van der Waals surface area contributed by atoms with Crippen LogP contribution < -0.4 is 10.6 Å². The van der Waals surface area contributed by atoms with Crippen LogP contribution in [0.15, 0.2) is 53.4 Å². The standard InChI is InChI=1S/C18H17ClN2O2S/c19-13-3-1-4-14(9-13)20-17(22)11-24-16-6-2-5-15(10-16)21-18(23)12-7-8-12/h1-6,9-10,12H,7-8,11H2,(H,20,22)(H,21,23).